The average Bonchev–Trinajstić information content (AvgIpc) is 3.04. The Morgan fingerprint density at radius 1 is 1.11 bits per heavy atom. The minimum absolute atomic E-state index is 0.0306. The molecule has 2 aliphatic heterocycles. The van der Waals surface area contributed by atoms with E-state index in [0.717, 1.165) is 48.4 Å². The number of nitrogens with zero attached hydrogens (tertiary/aromatic N) is 1. The molecular weight excluding hydrogens is 364 g/mol. The number of urea groups is 1. The Bertz CT molecular complexity index is 855. The minimum atomic E-state index is -0.107. The predicted octanol–water partition coefficient (Wildman–Crippen LogP) is 5.18. The Hall–Kier alpha value is -2.40. The Morgan fingerprint density at radius 3 is 2.74 bits per heavy atom. The van der Waals surface area contributed by atoms with E-state index >= 15 is 0 Å². The standard InChI is InChI=1S/C21H23ClN2O3/c1-14-5-7-16(13-17(14)22)23-21(25)24-9-2-4-18(24)15-6-8-19-20(12-15)27-11-3-10-26-19/h5-8,12-13,18H,2-4,9-11H2,1H3,(H,23,25)/t18-/m0/s1. The topological polar surface area (TPSA) is 50.8 Å². The highest BCUT2D eigenvalue weighted by Gasteiger charge is 2.31. The molecule has 1 saturated heterocycles. The highest BCUT2D eigenvalue weighted by atomic mass is 35.5. The molecule has 2 aromatic carbocycles. The van der Waals surface area contributed by atoms with Crippen molar-refractivity contribution in [1.82, 2.24) is 4.90 Å². The van der Waals surface area contributed by atoms with E-state index in [1.807, 2.05) is 42.2 Å². The van der Waals surface area contributed by atoms with Gasteiger partial charge in [0.05, 0.1) is 19.3 Å². The van der Waals surface area contributed by atoms with Gasteiger partial charge in [-0.1, -0.05) is 23.7 Å². The molecule has 0 unspecified atom stereocenters. The average molecular weight is 387 g/mol. The summed E-state index contributed by atoms with van der Waals surface area (Å²) in [6.07, 6.45) is 2.78. The number of aryl methyl sites for hydroxylation is 1. The number of likely N-dealkylation sites (tertiary alicyclic amines) is 1. The van der Waals surface area contributed by atoms with E-state index in [2.05, 4.69) is 5.32 Å². The van der Waals surface area contributed by atoms with E-state index in [1.165, 1.54) is 0 Å². The molecule has 1 fully saturated rings. The smallest absolute Gasteiger partial charge is 0.322 e. The number of carbonyl (C=O) groups excluding carboxylic acids is 1. The van der Waals surface area contributed by atoms with Gasteiger partial charge in [-0.2, -0.15) is 0 Å². The van der Waals surface area contributed by atoms with Crippen molar-refractivity contribution < 1.29 is 14.3 Å². The van der Waals surface area contributed by atoms with Crippen LogP contribution in [0.3, 0.4) is 0 Å². The predicted molar refractivity (Wildman–Crippen MR) is 106 cm³/mol. The van der Waals surface area contributed by atoms with Crippen LogP contribution in [0.15, 0.2) is 36.4 Å². The molecule has 27 heavy (non-hydrogen) atoms. The summed E-state index contributed by atoms with van der Waals surface area (Å²) in [5.74, 6) is 1.54. The van der Waals surface area contributed by atoms with Crippen molar-refractivity contribution in [3.63, 3.8) is 0 Å². The van der Waals surface area contributed by atoms with E-state index < -0.39 is 0 Å². The normalized spacial score (nSPS) is 18.9. The summed E-state index contributed by atoms with van der Waals surface area (Å²) in [5.41, 5.74) is 2.77. The second-order valence-electron chi connectivity index (χ2n) is 7.00. The van der Waals surface area contributed by atoms with E-state index in [-0.39, 0.29) is 12.1 Å². The van der Waals surface area contributed by atoms with Gasteiger partial charge in [0.25, 0.3) is 0 Å². The largest absolute Gasteiger partial charge is 0.490 e. The molecule has 2 aliphatic rings. The number of hydrogen-bond acceptors (Lipinski definition) is 3. The molecule has 4 rings (SSSR count). The van der Waals surface area contributed by atoms with Crippen LogP contribution in [0.2, 0.25) is 5.02 Å². The number of nitrogens with one attached hydrogen (secondary N) is 1. The first-order valence-electron chi connectivity index (χ1n) is 9.35. The molecule has 6 heteroatoms. The zero-order valence-electron chi connectivity index (χ0n) is 15.3. The number of ether oxygens (including phenoxy) is 2. The second kappa shape index (κ2) is 7.69. The van der Waals surface area contributed by atoms with Crippen molar-refractivity contribution in [3.8, 4) is 11.5 Å². The fraction of sp³-hybridized carbons (Fsp3) is 0.381. The lowest BCUT2D eigenvalue weighted by atomic mass is 10.0. The molecule has 0 aromatic heterocycles. The van der Waals surface area contributed by atoms with Crippen LogP contribution in [0.1, 0.15) is 36.4 Å². The molecule has 1 N–H and O–H groups in total. The lowest BCUT2D eigenvalue weighted by Crippen LogP contribution is -2.34. The van der Waals surface area contributed by atoms with E-state index in [0.29, 0.717) is 23.9 Å². The van der Waals surface area contributed by atoms with E-state index in [9.17, 15) is 4.79 Å². The third kappa shape index (κ3) is 3.83. The van der Waals surface area contributed by atoms with Crippen molar-refractivity contribution in [2.24, 2.45) is 0 Å². The maximum atomic E-state index is 12.9. The molecule has 2 aromatic rings. The van der Waals surface area contributed by atoms with Gasteiger partial charge in [0.15, 0.2) is 11.5 Å². The molecule has 2 heterocycles. The lowest BCUT2D eigenvalue weighted by molar-refractivity contribution is 0.207. The van der Waals surface area contributed by atoms with Gasteiger partial charge in [-0.15, -0.1) is 0 Å². The summed E-state index contributed by atoms with van der Waals surface area (Å²) in [6, 6.07) is 11.5. The SMILES string of the molecule is Cc1ccc(NC(=O)N2CCC[C@H]2c2ccc3c(c2)OCCCO3)cc1Cl. The molecule has 5 nitrogen and oxygen atoms in total. The molecular formula is C21H23ClN2O3. The Balaban J connectivity index is 1.52. The summed E-state index contributed by atoms with van der Waals surface area (Å²) in [5, 5.41) is 3.62. The number of rotatable bonds is 2. The van der Waals surface area contributed by atoms with Crippen LogP contribution >= 0.6 is 11.6 Å². The van der Waals surface area contributed by atoms with Crippen LogP contribution in [-0.2, 0) is 0 Å². The monoisotopic (exact) mass is 386 g/mol. The van der Waals surface area contributed by atoms with Crippen LogP contribution in [-0.4, -0.2) is 30.7 Å². The quantitative estimate of drug-likeness (QED) is 0.773. The van der Waals surface area contributed by atoms with Gasteiger partial charge < -0.3 is 19.7 Å². The van der Waals surface area contributed by atoms with E-state index in [4.69, 9.17) is 21.1 Å². The number of fused-ring (bicyclic) bond motifs is 1. The van der Waals surface area contributed by atoms with Crippen molar-refractivity contribution in [2.45, 2.75) is 32.2 Å². The zero-order valence-corrected chi connectivity index (χ0v) is 16.1. The van der Waals surface area contributed by atoms with Crippen LogP contribution in [0, 0.1) is 6.92 Å². The van der Waals surface area contributed by atoms with Gasteiger partial charge in [0.1, 0.15) is 0 Å². The number of carbonyl (C=O) groups is 1. The summed E-state index contributed by atoms with van der Waals surface area (Å²) in [4.78, 5) is 14.7. The van der Waals surface area contributed by atoms with Crippen molar-refractivity contribution in [1.29, 1.82) is 0 Å². The van der Waals surface area contributed by atoms with Gasteiger partial charge in [0.2, 0.25) is 0 Å². The van der Waals surface area contributed by atoms with Crippen molar-refractivity contribution >= 4 is 23.3 Å². The van der Waals surface area contributed by atoms with Crippen LogP contribution in [0.4, 0.5) is 10.5 Å². The number of halogens is 1. The highest BCUT2D eigenvalue weighted by Crippen LogP contribution is 2.38. The Kier molecular flexibility index (Phi) is 5.12. The summed E-state index contributed by atoms with van der Waals surface area (Å²) < 4.78 is 11.5. The van der Waals surface area contributed by atoms with Crippen LogP contribution in [0.25, 0.3) is 0 Å². The molecule has 0 spiro atoms. The summed E-state index contributed by atoms with van der Waals surface area (Å²) in [7, 11) is 0. The molecule has 0 bridgehead atoms. The molecule has 0 radical (unpaired) electrons. The number of benzene rings is 2. The fourth-order valence-corrected chi connectivity index (χ4v) is 3.79. The van der Waals surface area contributed by atoms with Crippen LogP contribution in [0.5, 0.6) is 11.5 Å². The first kappa shape index (κ1) is 18.0. The summed E-state index contributed by atoms with van der Waals surface area (Å²) in [6.45, 7) is 3.99. The lowest BCUT2D eigenvalue weighted by Gasteiger charge is -2.26. The third-order valence-corrected chi connectivity index (χ3v) is 5.50. The molecule has 0 aliphatic carbocycles. The molecule has 142 valence electrons. The Morgan fingerprint density at radius 2 is 1.93 bits per heavy atom. The van der Waals surface area contributed by atoms with Gasteiger partial charge in [-0.3, -0.25) is 0 Å². The first-order valence-corrected chi connectivity index (χ1v) is 9.73. The third-order valence-electron chi connectivity index (χ3n) is 5.09. The van der Waals surface area contributed by atoms with Gasteiger partial charge >= 0.3 is 6.03 Å². The number of anilines is 1. The van der Waals surface area contributed by atoms with Gasteiger partial charge in [-0.25, -0.2) is 4.79 Å². The van der Waals surface area contributed by atoms with Crippen molar-refractivity contribution in [2.75, 3.05) is 25.1 Å². The van der Waals surface area contributed by atoms with Gasteiger partial charge in [0, 0.05) is 23.7 Å². The van der Waals surface area contributed by atoms with Gasteiger partial charge in [-0.05, 0) is 55.2 Å². The minimum Gasteiger partial charge on any atom is -0.490 e. The van der Waals surface area contributed by atoms with E-state index in [1.54, 1.807) is 6.07 Å². The molecule has 2 amide bonds. The molecule has 0 saturated carbocycles. The Labute approximate surface area is 164 Å². The maximum absolute atomic E-state index is 12.9. The van der Waals surface area contributed by atoms with Crippen molar-refractivity contribution in [3.05, 3.63) is 52.5 Å². The fourth-order valence-electron chi connectivity index (χ4n) is 3.61. The number of amides is 2. The number of hydrogen-bond donors (Lipinski definition) is 1. The highest BCUT2D eigenvalue weighted by molar-refractivity contribution is 6.31. The summed E-state index contributed by atoms with van der Waals surface area (Å²) >= 11 is 6.17. The zero-order chi connectivity index (χ0) is 18.8. The second-order valence-corrected chi connectivity index (χ2v) is 7.41. The molecule has 1 atom stereocenters. The maximum Gasteiger partial charge on any atom is 0.322 e. The van der Waals surface area contributed by atoms with Crippen LogP contribution < -0.4 is 14.8 Å². The first-order chi connectivity index (χ1) is 13.1.